The second-order valence-corrected chi connectivity index (χ2v) is 10.8. The summed E-state index contributed by atoms with van der Waals surface area (Å²) in [6.45, 7) is 10.0. The number of rotatable bonds is 4. The summed E-state index contributed by atoms with van der Waals surface area (Å²) < 4.78 is 7.95. The Morgan fingerprint density at radius 2 is 1.82 bits per heavy atom. The maximum absolute atomic E-state index is 5.75. The summed E-state index contributed by atoms with van der Waals surface area (Å²) in [6, 6.07) is 8.84. The molecular weight excluding hydrogens is 412 g/mol. The monoisotopic (exact) mass is 446 g/mol. The highest BCUT2D eigenvalue weighted by molar-refractivity contribution is 5.78. The average Bonchev–Trinajstić information content (AvgIpc) is 3.25. The Balaban J connectivity index is 1.45. The van der Waals surface area contributed by atoms with Gasteiger partial charge in [0.2, 0.25) is 0 Å². The van der Waals surface area contributed by atoms with Crippen LogP contribution in [0.15, 0.2) is 36.8 Å². The molecule has 2 aromatic heterocycles. The summed E-state index contributed by atoms with van der Waals surface area (Å²) in [7, 11) is 3.85. The van der Waals surface area contributed by atoms with Crippen LogP contribution in [0, 0.1) is 0 Å². The Kier molecular flexibility index (Phi) is 5.20. The SMILES string of the molecule is COc1cc2c(cc1-c1ccc(N(C)C3CC(C)(C)NC(C)(C)C3)nn1)-c1cncn1CC2. The zero-order valence-electron chi connectivity index (χ0n) is 20.5. The molecule has 0 radical (unpaired) electrons. The molecule has 0 bridgehead atoms. The maximum atomic E-state index is 5.75. The molecule has 2 aliphatic rings. The first-order chi connectivity index (χ1) is 15.7. The highest BCUT2D eigenvalue weighted by atomic mass is 16.5. The summed E-state index contributed by atoms with van der Waals surface area (Å²) in [5, 5.41) is 13.0. The minimum absolute atomic E-state index is 0.0804. The van der Waals surface area contributed by atoms with Crippen LogP contribution >= 0.6 is 0 Å². The lowest BCUT2D eigenvalue weighted by molar-refractivity contribution is 0.160. The van der Waals surface area contributed by atoms with E-state index < -0.39 is 0 Å². The molecule has 7 nitrogen and oxygen atoms in total. The standard InChI is InChI=1S/C26H34N6O/c1-25(2)13-18(14-26(3,4)30-25)31(5)24-8-7-21(28-29-24)20-12-19-17(11-23(20)33-6)9-10-32-16-27-15-22(19)32/h7-8,11-12,15-16,18,30H,9-10,13-14H2,1-6H3. The Hall–Kier alpha value is -2.93. The van der Waals surface area contributed by atoms with E-state index in [-0.39, 0.29) is 11.1 Å². The van der Waals surface area contributed by atoms with Crippen molar-refractivity contribution in [2.45, 2.75) is 70.6 Å². The van der Waals surface area contributed by atoms with Crippen LogP contribution in [0.5, 0.6) is 5.75 Å². The number of imidazole rings is 1. The van der Waals surface area contributed by atoms with Gasteiger partial charge in [-0.15, -0.1) is 10.2 Å². The number of piperidine rings is 1. The second kappa shape index (κ2) is 7.83. The molecule has 7 heteroatoms. The first kappa shape index (κ1) is 21.9. The van der Waals surface area contributed by atoms with Crippen molar-refractivity contribution in [3.05, 3.63) is 42.4 Å². The molecule has 0 spiro atoms. The molecule has 0 aliphatic carbocycles. The Bertz CT molecular complexity index is 1150. The van der Waals surface area contributed by atoms with Crippen molar-refractivity contribution < 1.29 is 4.74 Å². The largest absolute Gasteiger partial charge is 0.496 e. The van der Waals surface area contributed by atoms with Gasteiger partial charge in [-0.25, -0.2) is 4.98 Å². The topological polar surface area (TPSA) is 68.1 Å². The van der Waals surface area contributed by atoms with Gasteiger partial charge >= 0.3 is 0 Å². The van der Waals surface area contributed by atoms with Crippen LogP contribution in [0.3, 0.4) is 0 Å². The third-order valence-electron chi connectivity index (χ3n) is 7.04. The highest BCUT2D eigenvalue weighted by Crippen LogP contribution is 2.39. The quantitative estimate of drug-likeness (QED) is 0.644. The van der Waals surface area contributed by atoms with E-state index in [1.165, 1.54) is 11.1 Å². The molecule has 1 aromatic carbocycles. The number of methoxy groups -OCH3 is 1. The minimum atomic E-state index is 0.0804. The van der Waals surface area contributed by atoms with E-state index in [0.717, 1.165) is 54.3 Å². The first-order valence-corrected chi connectivity index (χ1v) is 11.7. The van der Waals surface area contributed by atoms with Gasteiger partial charge < -0.3 is 19.5 Å². The van der Waals surface area contributed by atoms with Crippen molar-refractivity contribution in [2.75, 3.05) is 19.1 Å². The number of aryl methyl sites for hydroxylation is 2. The molecule has 0 saturated carbocycles. The van der Waals surface area contributed by atoms with Crippen molar-refractivity contribution in [3.8, 4) is 28.3 Å². The number of hydrogen-bond acceptors (Lipinski definition) is 6. The van der Waals surface area contributed by atoms with Crippen LogP contribution in [-0.2, 0) is 13.0 Å². The normalized spacial score (nSPS) is 19.0. The molecular formula is C26H34N6O. The molecule has 1 saturated heterocycles. The van der Waals surface area contributed by atoms with Crippen molar-refractivity contribution >= 4 is 5.82 Å². The van der Waals surface area contributed by atoms with Gasteiger partial charge in [0, 0.05) is 41.8 Å². The van der Waals surface area contributed by atoms with Crippen LogP contribution in [-0.4, -0.2) is 51.0 Å². The van der Waals surface area contributed by atoms with Crippen LogP contribution in [0.1, 0.15) is 46.1 Å². The number of aromatic nitrogens is 4. The minimum Gasteiger partial charge on any atom is -0.496 e. The van der Waals surface area contributed by atoms with Gasteiger partial charge in [0.25, 0.3) is 0 Å². The molecule has 3 aromatic rings. The van der Waals surface area contributed by atoms with E-state index in [1.54, 1.807) is 7.11 Å². The molecule has 1 N–H and O–H groups in total. The van der Waals surface area contributed by atoms with Gasteiger partial charge in [0.05, 0.1) is 31.0 Å². The van der Waals surface area contributed by atoms with Gasteiger partial charge in [-0.3, -0.25) is 0 Å². The first-order valence-electron chi connectivity index (χ1n) is 11.7. The lowest BCUT2D eigenvalue weighted by Crippen LogP contribution is -2.62. The van der Waals surface area contributed by atoms with E-state index >= 15 is 0 Å². The summed E-state index contributed by atoms with van der Waals surface area (Å²) in [4.78, 5) is 6.62. The van der Waals surface area contributed by atoms with Gasteiger partial charge in [-0.2, -0.15) is 0 Å². The summed E-state index contributed by atoms with van der Waals surface area (Å²) >= 11 is 0. The zero-order chi connectivity index (χ0) is 23.4. The Morgan fingerprint density at radius 1 is 1.06 bits per heavy atom. The van der Waals surface area contributed by atoms with Gasteiger partial charge in [-0.1, -0.05) is 0 Å². The predicted octanol–water partition coefficient (Wildman–Crippen LogP) is 4.32. The van der Waals surface area contributed by atoms with Crippen LogP contribution in [0.4, 0.5) is 5.82 Å². The van der Waals surface area contributed by atoms with Crippen LogP contribution in [0.2, 0.25) is 0 Å². The van der Waals surface area contributed by atoms with Crippen LogP contribution in [0.25, 0.3) is 22.5 Å². The fourth-order valence-corrected chi connectivity index (χ4v) is 5.79. The molecule has 174 valence electrons. The van der Waals surface area contributed by atoms with Crippen molar-refractivity contribution in [1.82, 2.24) is 25.1 Å². The summed E-state index contributed by atoms with van der Waals surface area (Å²) in [5.74, 6) is 1.73. The number of nitrogens with zero attached hydrogens (tertiary/aromatic N) is 5. The maximum Gasteiger partial charge on any atom is 0.151 e. The average molecular weight is 447 g/mol. The fourth-order valence-electron chi connectivity index (χ4n) is 5.79. The van der Waals surface area contributed by atoms with E-state index in [0.29, 0.717) is 6.04 Å². The predicted molar refractivity (Wildman–Crippen MR) is 132 cm³/mol. The smallest absolute Gasteiger partial charge is 0.151 e. The fraction of sp³-hybridized carbons (Fsp3) is 0.500. The number of anilines is 1. The summed E-state index contributed by atoms with van der Waals surface area (Å²) in [5.41, 5.74) is 5.54. The number of hydrogen-bond donors (Lipinski definition) is 1. The zero-order valence-corrected chi connectivity index (χ0v) is 20.5. The van der Waals surface area contributed by atoms with E-state index in [1.807, 2.05) is 12.5 Å². The van der Waals surface area contributed by atoms with E-state index in [9.17, 15) is 0 Å². The van der Waals surface area contributed by atoms with Gasteiger partial charge in [-0.05, 0) is 76.8 Å². The molecule has 4 heterocycles. The molecule has 33 heavy (non-hydrogen) atoms. The number of ether oxygens (including phenoxy) is 1. The number of nitrogens with one attached hydrogen (secondary N) is 1. The molecule has 0 amide bonds. The third-order valence-corrected chi connectivity index (χ3v) is 7.04. The molecule has 0 unspecified atom stereocenters. The van der Waals surface area contributed by atoms with E-state index in [4.69, 9.17) is 4.74 Å². The second-order valence-electron chi connectivity index (χ2n) is 10.8. The molecule has 2 aliphatic heterocycles. The summed E-state index contributed by atoms with van der Waals surface area (Å²) in [6.07, 6.45) is 6.91. The number of benzene rings is 1. The molecule has 0 atom stereocenters. The third kappa shape index (κ3) is 4.10. The van der Waals surface area contributed by atoms with Crippen molar-refractivity contribution in [3.63, 3.8) is 0 Å². The van der Waals surface area contributed by atoms with Gasteiger partial charge in [0.15, 0.2) is 5.82 Å². The molecule has 5 rings (SSSR count). The highest BCUT2D eigenvalue weighted by Gasteiger charge is 2.39. The Labute approximate surface area is 196 Å². The Morgan fingerprint density at radius 3 is 2.48 bits per heavy atom. The number of fused-ring (bicyclic) bond motifs is 3. The lowest BCUT2D eigenvalue weighted by Gasteiger charge is -2.49. The lowest BCUT2D eigenvalue weighted by atomic mass is 9.79. The molecule has 1 fully saturated rings. The van der Waals surface area contributed by atoms with Gasteiger partial charge in [0.1, 0.15) is 5.75 Å². The van der Waals surface area contributed by atoms with Crippen LogP contribution < -0.4 is 15.0 Å². The van der Waals surface area contributed by atoms with Crippen molar-refractivity contribution in [2.24, 2.45) is 0 Å². The van der Waals surface area contributed by atoms with Crippen molar-refractivity contribution in [1.29, 1.82) is 0 Å². The van der Waals surface area contributed by atoms with E-state index in [2.05, 4.69) is 89.0 Å².